The van der Waals surface area contributed by atoms with Gasteiger partial charge >= 0.3 is 0 Å². The molecule has 2 aromatic rings. The number of rotatable bonds is 7. The van der Waals surface area contributed by atoms with Crippen molar-refractivity contribution in [3.63, 3.8) is 0 Å². The minimum absolute atomic E-state index is 0.132. The summed E-state index contributed by atoms with van der Waals surface area (Å²) >= 11 is 13.7. The Morgan fingerprint density at radius 3 is 2.85 bits per heavy atom. The van der Waals surface area contributed by atoms with Crippen LogP contribution >= 0.6 is 35.0 Å². The lowest BCUT2D eigenvalue weighted by Crippen LogP contribution is -2.23. The van der Waals surface area contributed by atoms with Gasteiger partial charge in [-0.25, -0.2) is 0 Å². The summed E-state index contributed by atoms with van der Waals surface area (Å²) in [5.41, 5.74) is 1.92. The maximum Gasteiger partial charge on any atom is 0.244 e. The van der Waals surface area contributed by atoms with Gasteiger partial charge in [-0.3, -0.25) is 4.79 Å². The number of hydrogen-bond donors (Lipinski definition) is 1. The third kappa shape index (κ3) is 5.34. The van der Waals surface area contributed by atoms with Crippen LogP contribution in [0.2, 0.25) is 10.0 Å². The zero-order chi connectivity index (χ0) is 18.4. The topological polar surface area (TPSA) is 47.6 Å². The van der Waals surface area contributed by atoms with Gasteiger partial charge in [0, 0.05) is 34.2 Å². The van der Waals surface area contributed by atoms with Gasteiger partial charge < -0.3 is 14.8 Å². The highest BCUT2D eigenvalue weighted by Gasteiger charge is 2.12. The van der Waals surface area contributed by atoms with Crippen LogP contribution in [0.3, 0.4) is 0 Å². The summed E-state index contributed by atoms with van der Waals surface area (Å²) in [5.74, 6) is 2.86. The normalized spacial score (nSPS) is 12.5. The van der Waals surface area contributed by atoms with E-state index in [1.807, 2.05) is 30.3 Å². The summed E-state index contributed by atoms with van der Waals surface area (Å²) in [6.45, 7) is 0.822. The number of fused-ring (bicyclic) bond motifs is 1. The Hall–Kier alpha value is -1.82. The first-order chi connectivity index (χ1) is 12.6. The number of carbonyl (C=O) groups is 1. The van der Waals surface area contributed by atoms with Crippen molar-refractivity contribution < 1.29 is 14.3 Å². The van der Waals surface area contributed by atoms with E-state index in [1.165, 1.54) is 6.08 Å². The molecule has 1 aliphatic rings. The molecule has 0 spiro atoms. The second kappa shape index (κ2) is 9.21. The van der Waals surface area contributed by atoms with Crippen molar-refractivity contribution in [3.05, 3.63) is 63.6 Å². The molecule has 7 heteroatoms. The van der Waals surface area contributed by atoms with E-state index in [2.05, 4.69) is 5.32 Å². The van der Waals surface area contributed by atoms with Crippen LogP contribution in [-0.4, -0.2) is 25.0 Å². The van der Waals surface area contributed by atoms with Gasteiger partial charge in [0.25, 0.3) is 0 Å². The number of benzene rings is 2. The highest BCUT2D eigenvalue weighted by atomic mass is 35.5. The van der Waals surface area contributed by atoms with Gasteiger partial charge in [-0.2, -0.15) is 11.8 Å². The first kappa shape index (κ1) is 19.0. The zero-order valence-corrected chi connectivity index (χ0v) is 16.2. The summed E-state index contributed by atoms with van der Waals surface area (Å²) in [4.78, 5) is 11.9. The highest BCUT2D eigenvalue weighted by Crippen LogP contribution is 2.32. The van der Waals surface area contributed by atoms with Gasteiger partial charge in [0.2, 0.25) is 12.7 Å². The van der Waals surface area contributed by atoms with Crippen LogP contribution in [0.4, 0.5) is 0 Å². The number of nitrogens with one attached hydrogen (secondary N) is 1. The van der Waals surface area contributed by atoms with E-state index < -0.39 is 0 Å². The maximum atomic E-state index is 11.9. The molecule has 3 rings (SSSR count). The molecule has 0 saturated carbocycles. The molecule has 2 aromatic carbocycles. The Balaban J connectivity index is 1.37. The number of amides is 1. The fourth-order valence-electron chi connectivity index (χ4n) is 2.31. The molecule has 0 atom stereocenters. The van der Waals surface area contributed by atoms with Crippen LogP contribution in [0.25, 0.3) is 6.08 Å². The SMILES string of the molecule is O=C(C=Cc1ccc2c(c1)OCO2)NCCSCc1ccc(Cl)cc1Cl. The van der Waals surface area contributed by atoms with Crippen molar-refractivity contribution in [1.82, 2.24) is 5.32 Å². The molecule has 0 bridgehead atoms. The van der Waals surface area contributed by atoms with E-state index in [0.717, 1.165) is 28.4 Å². The molecule has 0 unspecified atom stereocenters. The first-order valence-electron chi connectivity index (χ1n) is 7.99. The lowest BCUT2D eigenvalue weighted by Gasteiger charge is -2.05. The van der Waals surface area contributed by atoms with Crippen molar-refractivity contribution in [3.8, 4) is 11.5 Å². The van der Waals surface area contributed by atoms with Crippen LogP contribution in [0.1, 0.15) is 11.1 Å². The Morgan fingerprint density at radius 2 is 2.00 bits per heavy atom. The predicted octanol–water partition coefficient (Wildman–Crippen LogP) is 4.78. The summed E-state index contributed by atoms with van der Waals surface area (Å²) in [6.07, 6.45) is 3.26. The molecule has 1 heterocycles. The quantitative estimate of drug-likeness (QED) is 0.527. The summed E-state index contributed by atoms with van der Waals surface area (Å²) in [6, 6.07) is 11.0. The van der Waals surface area contributed by atoms with Crippen molar-refractivity contribution in [2.24, 2.45) is 0 Å². The maximum absolute atomic E-state index is 11.9. The summed E-state index contributed by atoms with van der Waals surface area (Å²) in [5, 5.41) is 4.16. The molecule has 0 radical (unpaired) electrons. The Kier molecular flexibility index (Phi) is 6.72. The number of hydrogen-bond acceptors (Lipinski definition) is 4. The molecule has 136 valence electrons. The number of carbonyl (C=O) groups excluding carboxylic acids is 1. The van der Waals surface area contributed by atoms with Gasteiger partial charge in [0.1, 0.15) is 0 Å². The number of thioether (sulfide) groups is 1. The predicted molar refractivity (Wildman–Crippen MR) is 107 cm³/mol. The smallest absolute Gasteiger partial charge is 0.244 e. The number of halogens is 2. The second-order valence-electron chi connectivity index (χ2n) is 5.53. The minimum Gasteiger partial charge on any atom is -0.454 e. The van der Waals surface area contributed by atoms with Gasteiger partial charge in [-0.1, -0.05) is 35.3 Å². The van der Waals surface area contributed by atoms with E-state index in [0.29, 0.717) is 22.3 Å². The standard InChI is InChI=1S/C19H17Cl2NO3S/c20-15-4-3-14(16(21)10-15)11-26-8-7-22-19(23)6-2-13-1-5-17-18(9-13)25-12-24-17/h1-6,9-10H,7-8,11-12H2,(H,22,23). The zero-order valence-electron chi connectivity index (χ0n) is 13.8. The highest BCUT2D eigenvalue weighted by molar-refractivity contribution is 7.98. The lowest BCUT2D eigenvalue weighted by atomic mass is 10.2. The van der Waals surface area contributed by atoms with Gasteiger partial charge in [0.05, 0.1) is 0 Å². The monoisotopic (exact) mass is 409 g/mol. The molecule has 0 aliphatic carbocycles. The fourth-order valence-corrected chi connectivity index (χ4v) is 3.73. The third-order valence-electron chi connectivity index (χ3n) is 3.64. The average molecular weight is 410 g/mol. The molecule has 1 aliphatic heterocycles. The molecule has 0 fully saturated rings. The van der Waals surface area contributed by atoms with Gasteiger partial charge in [-0.15, -0.1) is 0 Å². The largest absolute Gasteiger partial charge is 0.454 e. The molecular formula is C19H17Cl2NO3S. The summed E-state index contributed by atoms with van der Waals surface area (Å²) in [7, 11) is 0. The molecular weight excluding hydrogens is 393 g/mol. The molecule has 0 aromatic heterocycles. The third-order valence-corrected chi connectivity index (χ3v) is 5.24. The summed E-state index contributed by atoms with van der Waals surface area (Å²) < 4.78 is 10.6. The Bertz CT molecular complexity index is 826. The minimum atomic E-state index is -0.132. The second-order valence-corrected chi connectivity index (χ2v) is 7.47. The van der Waals surface area contributed by atoms with Crippen LogP contribution < -0.4 is 14.8 Å². The van der Waals surface area contributed by atoms with E-state index in [-0.39, 0.29) is 12.7 Å². The van der Waals surface area contributed by atoms with E-state index in [4.69, 9.17) is 32.7 Å². The van der Waals surface area contributed by atoms with Crippen LogP contribution in [-0.2, 0) is 10.5 Å². The van der Waals surface area contributed by atoms with Gasteiger partial charge in [-0.05, 0) is 41.5 Å². The molecule has 4 nitrogen and oxygen atoms in total. The van der Waals surface area contributed by atoms with E-state index >= 15 is 0 Å². The molecule has 1 N–H and O–H groups in total. The first-order valence-corrected chi connectivity index (χ1v) is 9.90. The van der Waals surface area contributed by atoms with E-state index in [9.17, 15) is 4.79 Å². The molecule has 1 amide bonds. The van der Waals surface area contributed by atoms with Crippen molar-refractivity contribution in [2.75, 3.05) is 19.1 Å². The van der Waals surface area contributed by atoms with Crippen molar-refractivity contribution in [1.29, 1.82) is 0 Å². The van der Waals surface area contributed by atoms with Crippen LogP contribution in [0, 0.1) is 0 Å². The lowest BCUT2D eigenvalue weighted by molar-refractivity contribution is -0.116. The van der Waals surface area contributed by atoms with Gasteiger partial charge in [0.15, 0.2) is 11.5 Å². The Labute approximate surface area is 166 Å². The number of ether oxygens (including phenoxy) is 2. The average Bonchev–Trinajstić information content (AvgIpc) is 3.09. The van der Waals surface area contributed by atoms with E-state index in [1.54, 1.807) is 23.9 Å². The van der Waals surface area contributed by atoms with Crippen LogP contribution in [0.15, 0.2) is 42.5 Å². The van der Waals surface area contributed by atoms with Crippen LogP contribution in [0.5, 0.6) is 11.5 Å². The molecule has 0 saturated heterocycles. The molecule has 26 heavy (non-hydrogen) atoms. The Morgan fingerprint density at radius 1 is 1.15 bits per heavy atom. The fraction of sp³-hybridized carbons (Fsp3) is 0.211. The van der Waals surface area contributed by atoms with Crippen molar-refractivity contribution in [2.45, 2.75) is 5.75 Å². The van der Waals surface area contributed by atoms with Crippen molar-refractivity contribution >= 4 is 46.9 Å².